The standard InChI is InChI=1S/C48H71N7O13/c1-7-15-34(42(61)47(66)49-26-39(60)68-24-8-2)51-45(64)37-25-33(31-16-11-9-12-17-31)27-55(37)48(67)41(32-18-13-10-14-19-32)54-46(65)40(28(3)4)53-44(63)36(21-20-29(5)56)52-43(62)35(50-30(6)57)22-23-38(58)59/h9,11-12,16-17,28,32-37,40-41H,7-8,10,13-15,18-27H2,1-6H3,(H,49,66)(H,50,57)(H,51,64)(H,52,62)(H,53,63)(H,54,65)(H,58,59)/t33-,34+,35+,36+,37+,40+,41+/m1/s1. The van der Waals surface area contributed by atoms with Crippen LogP contribution < -0.4 is 31.9 Å². The highest BCUT2D eigenvalue weighted by atomic mass is 16.5. The minimum Gasteiger partial charge on any atom is -0.481 e. The van der Waals surface area contributed by atoms with Gasteiger partial charge in [0.15, 0.2) is 0 Å². The van der Waals surface area contributed by atoms with Crippen LogP contribution in [-0.2, 0) is 57.5 Å². The van der Waals surface area contributed by atoms with E-state index in [1.54, 1.807) is 27.7 Å². The monoisotopic (exact) mass is 954 g/mol. The first-order valence-corrected chi connectivity index (χ1v) is 23.8. The van der Waals surface area contributed by atoms with E-state index in [4.69, 9.17) is 4.74 Å². The summed E-state index contributed by atoms with van der Waals surface area (Å²) in [5, 5.41) is 24.7. The number of hydrogen-bond acceptors (Lipinski definition) is 12. The third kappa shape index (κ3) is 17.8. The van der Waals surface area contributed by atoms with Crippen molar-refractivity contribution >= 4 is 64.9 Å². The fourth-order valence-electron chi connectivity index (χ4n) is 8.51. The van der Waals surface area contributed by atoms with Crippen LogP contribution in [0.1, 0.15) is 136 Å². The number of ketones is 2. The molecule has 376 valence electrons. The summed E-state index contributed by atoms with van der Waals surface area (Å²) in [5.41, 5.74) is 0.855. The Morgan fingerprint density at radius 1 is 0.735 bits per heavy atom. The largest absolute Gasteiger partial charge is 0.481 e. The number of carboxylic acid groups (broad SMARTS) is 1. The van der Waals surface area contributed by atoms with E-state index in [1.807, 2.05) is 30.3 Å². The van der Waals surface area contributed by atoms with Crippen molar-refractivity contribution in [3.8, 4) is 0 Å². The third-order valence-electron chi connectivity index (χ3n) is 12.1. The van der Waals surface area contributed by atoms with Gasteiger partial charge in [0.05, 0.1) is 12.6 Å². The number of likely N-dealkylation sites (tertiary alicyclic amines) is 1. The van der Waals surface area contributed by atoms with E-state index < -0.39 is 114 Å². The number of aliphatic carboxylic acids is 1. The molecule has 1 heterocycles. The summed E-state index contributed by atoms with van der Waals surface area (Å²) in [6, 6.07) is 1.75. The molecule has 7 amide bonds. The summed E-state index contributed by atoms with van der Waals surface area (Å²) in [5.74, 6) is -9.80. The minimum absolute atomic E-state index is 0.0839. The number of carbonyl (C=O) groups is 11. The van der Waals surface area contributed by atoms with E-state index in [0.29, 0.717) is 25.7 Å². The quantitative estimate of drug-likeness (QED) is 0.0489. The van der Waals surface area contributed by atoms with Gasteiger partial charge in [-0.05, 0) is 69.3 Å². The number of hydrogen-bond donors (Lipinski definition) is 7. The van der Waals surface area contributed by atoms with E-state index in [2.05, 4.69) is 31.9 Å². The molecular formula is C48H71N7O13. The van der Waals surface area contributed by atoms with Crippen molar-refractivity contribution in [2.75, 3.05) is 19.7 Å². The van der Waals surface area contributed by atoms with Crippen molar-refractivity contribution in [3.05, 3.63) is 35.9 Å². The molecule has 0 unspecified atom stereocenters. The topological polar surface area (TPSA) is 293 Å². The van der Waals surface area contributed by atoms with Gasteiger partial charge in [0.25, 0.3) is 5.91 Å². The van der Waals surface area contributed by atoms with Crippen LogP contribution in [0, 0.1) is 11.8 Å². The zero-order chi connectivity index (χ0) is 50.5. The second-order valence-electron chi connectivity index (χ2n) is 18.1. The molecule has 7 N–H and O–H groups in total. The Morgan fingerprint density at radius 3 is 1.96 bits per heavy atom. The van der Waals surface area contributed by atoms with E-state index in [1.165, 1.54) is 11.8 Å². The number of carboxylic acids is 1. The lowest BCUT2D eigenvalue weighted by Crippen LogP contribution is -2.61. The van der Waals surface area contributed by atoms with Gasteiger partial charge in [0, 0.05) is 32.2 Å². The number of amides is 7. The van der Waals surface area contributed by atoms with Crippen LogP contribution in [-0.4, -0.2) is 131 Å². The maximum absolute atomic E-state index is 15.1. The number of benzene rings is 1. The Bertz CT molecular complexity index is 1960. The van der Waals surface area contributed by atoms with Crippen molar-refractivity contribution < 1.29 is 62.6 Å². The predicted molar refractivity (Wildman–Crippen MR) is 247 cm³/mol. The number of Topliss-reactive ketones (excluding diaryl/α,β-unsaturated/α-hetero) is 2. The molecule has 3 rings (SSSR count). The zero-order valence-electron chi connectivity index (χ0n) is 40.2. The lowest BCUT2D eigenvalue weighted by atomic mass is 9.83. The molecule has 68 heavy (non-hydrogen) atoms. The van der Waals surface area contributed by atoms with E-state index in [9.17, 15) is 53.1 Å². The molecule has 2 aliphatic rings. The van der Waals surface area contributed by atoms with Crippen molar-refractivity contribution in [2.24, 2.45) is 11.8 Å². The second-order valence-corrected chi connectivity index (χ2v) is 18.1. The molecule has 1 saturated carbocycles. The Labute approximate surface area is 397 Å². The average Bonchev–Trinajstić information content (AvgIpc) is 3.76. The van der Waals surface area contributed by atoms with E-state index in [-0.39, 0.29) is 62.9 Å². The Hall–Kier alpha value is -6.21. The molecule has 2 fully saturated rings. The molecular weight excluding hydrogens is 883 g/mol. The number of esters is 1. The summed E-state index contributed by atoms with van der Waals surface area (Å²) < 4.78 is 4.97. The molecule has 20 heteroatoms. The molecule has 1 aromatic rings. The molecule has 1 aliphatic heterocycles. The summed E-state index contributed by atoms with van der Waals surface area (Å²) in [7, 11) is 0. The normalized spacial score (nSPS) is 18.1. The second kappa shape index (κ2) is 28.2. The Balaban J connectivity index is 1.94. The van der Waals surface area contributed by atoms with Crippen LogP contribution in [0.3, 0.4) is 0 Å². The summed E-state index contributed by atoms with van der Waals surface area (Å²) in [6.07, 6.45) is 3.75. The number of nitrogens with one attached hydrogen (secondary N) is 6. The number of ether oxygens (including phenoxy) is 1. The Morgan fingerprint density at radius 2 is 1.37 bits per heavy atom. The van der Waals surface area contributed by atoms with Gasteiger partial charge < -0.3 is 51.4 Å². The highest BCUT2D eigenvalue weighted by Gasteiger charge is 2.46. The molecule has 7 atom stereocenters. The molecule has 0 radical (unpaired) electrons. The Kier molecular flexibility index (Phi) is 23.3. The first-order valence-electron chi connectivity index (χ1n) is 23.8. The fraction of sp³-hybridized carbons (Fsp3) is 0.646. The summed E-state index contributed by atoms with van der Waals surface area (Å²) in [6.45, 7) is 9.04. The van der Waals surface area contributed by atoms with Crippen LogP contribution in [0.5, 0.6) is 0 Å². The van der Waals surface area contributed by atoms with E-state index in [0.717, 1.165) is 31.7 Å². The molecule has 1 aromatic carbocycles. The molecule has 1 aliphatic carbocycles. The van der Waals surface area contributed by atoms with Gasteiger partial charge >= 0.3 is 11.9 Å². The van der Waals surface area contributed by atoms with Gasteiger partial charge in [-0.15, -0.1) is 0 Å². The van der Waals surface area contributed by atoms with Gasteiger partial charge in [0.2, 0.25) is 41.2 Å². The van der Waals surface area contributed by atoms with Gasteiger partial charge in [-0.2, -0.15) is 0 Å². The average molecular weight is 954 g/mol. The highest BCUT2D eigenvalue weighted by Crippen LogP contribution is 2.35. The SMILES string of the molecule is CCCOC(=O)CNC(=O)C(=O)[C@H](CCC)NC(=O)[C@@H]1C[C@@H](c2ccccc2)CN1C(=O)[C@@H](NC(=O)[C@@H](NC(=O)[C@H](CCC(C)=O)NC(=O)[C@H](CCC(=O)O)NC(C)=O)C(C)C)C1CCCCC1. The van der Waals surface area contributed by atoms with E-state index >= 15 is 4.79 Å². The minimum atomic E-state index is -1.38. The third-order valence-corrected chi connectivity index (χ3v) is 12.1. The maximum atomic E-state index is 15.1. The summed E-state index contributed by atoms with van der Waals surface area (Å²) in [4.78, 5) is 146. The van der Waals surface area contributed by atoms with Gasteiger partial charge in [-0.3, -0.25) is 47.9 Å². The highest BCUT2D eigenvalue weighted by molar-refractivity contribution is 6.38. The number of rotatable bonds is 27. The molecule has 20 nitrogen and oxygen atoms in total. The first kappa shape index (κ1) is 56.1. The van der Waals surface area contributed by atoms with Crippen LogP contribution in [0.2, 0.25) is 0 Å². The smallest absolute Gasteiger partial charge is 0.325 e. The maximum Gasteiger partial charge on any atom is 0.325 e. The van der Waals surface area contributed by atoms with Crippen LogP contribution in [0.4, 0.5) is 0 Å². The van der Waals surface area contributed by atoms with Crippen LogP contribution in [0.15, 0.2) is 30.3 Å². The van der Waals surface area contributed by atoms with Crippen molar-refractivity contribution in [3.63, 3.8) is 0 Å². The first-order chi connectivity index (χ1) is 32.3. The van der Waals surface area contributed by atoms with Crippen molar-refractivity contribution in [1.29, 1.82) is 0 Å². The molecule has 1 saturated heterocycles. The fourth-order valence-corrected chi connectivity index (χ4v) is 8.51. The lowest BCUT2D eigenvalue weighted by molar-refractivity contribution is -0.146. The number of carbonyl (C=O) groups excluding carboxylic acids is 10. The summed E-state index contributed by atoms with van der Waals surface area (Å²) >= 11 is 0. The predicted octanol–water partition coefficient (Wildman–Crippen LogP) is 1.72. The van der Waals surface area contributed by atoms with Gasteiger partial charge in [-0.25, -0.2) is 0 Å². The zero-order valence-corrected chi connectivity index (χ0v) is 40.2. The van der Waals surface area contributed by atoms with Gasteiger partial charge in [0.1, 0.15) is 42.5 Å². The van der Waals surface area contributed by atoms with Crippen molar-refractivity contribution in [1.82, 2.24) is 36.8 Å². The van der Waals surface area contributed by atoms with Crippen molar-refractivity contribution in [2.45, 2.75) is 167 Å². The lowest BCUT2D eigenvalue weighted by Gasteiger charge is -2.36. The van der Waals surface area contributed by atoms with Crippen LogP contribution >= 0.6 is 0 Å². The molecule has 0 bridgehead atoms. The van der Waals surface area contributed by atoms with Gasteiger partial charge in [-0.1, -0.05) is 83.7 Å². The van der Waals surface area contributed by atoms with Crippen LogP contribution in [0.25, 0.3) is 0 Å². The molecule has 0 spiro atoms. The molecule has 0 aromatic heterocycles. The number of nitrogens with zero attached hydrogens (tertiary/aromatic N) is 1.